The van der Waals surface area contributed by atoms with Crippen LogP contribution in [-0.2, 0) is 34.5 Å². The van der Waals surface area contributed by atoms with Gasteiger partial charge < -0.3 is 17.1 Å². The second-order valence-electron chi connectivity index (χ2n) is 8.53. The summed E-state index contributed by atoms with van der Waals surface area (Å²) in [4.78, 5) is 13.3. The van der Waals surface area contributed by atoms with Gasteiger partial charge in [-0.3, -0.25) is 4.79 Å². The predicted molar refractivity (Wildman–Crippen MR) is 110 cm³/mol. The van der Waals surface area contributed by atoms with Gasteiger partial charge in [0, 0.05) is 6.42 Å². The highest BCUT2D eigenvalue weighted by Crippen LogP contribution is 2.43. The molecule has 0 bridgehead atoms. The van der Waals surface area contributed by atoms with Crippen molar-refractivity contribution >= 4 is 5.97 Å². The first-order valence-corrected chi connectivity index (χ1v) is 10.6. The zero-order valence-corrected chi connectivity index (χ0v) is 18.0. The van der Waals surface area contributed by atoms with E-state index in [1.165, 1.54) is 12.2 Å². The fourth-order valence-corrected chi connectivity index (χ4v) is 5.00. The molecule has 0 amide bonds. The summed E-state index contributed by atoms with van der Waals surface area (Å²) >= 11 is 0. The molecule has 2 unspecified atom stereocenters. The molecule has 1 aromatic heterocycles. The number of rotatable bonds is 4. The minimum absolute atomic E-state index is 0. The number of hydrogen-bond donors (Lipinski definition) is 0. The van der Waals surface area contributed by atoms with Gasteiger partial charge in [0.2, 0.25) is 0 Å². The van der Waals surface area contributed by atoms with Gasteiger partial charge in [0.1, 0.15) is 30.5 Å². The molecule has 3 aromatic rings. The largest absolute Gasteiger partial charge is 1.00 e. The number of benzene rings is 2. The van der Waals surface area contributed by atoms with Gasteiger partial charge in [0.05, 0.1) is 13.0 Å². The molecule has 5 rings (SSSR count). The fourth-order valence-electron chi connectivity index (χ4n) is 5.00. The Morgan fingerprint density at radius 3 is 2.33 bits per heavy atom. The minimum atomic E-state index is -0.735. The third kappa shape index (κ3) is 3.43. The lowest BCUT2D eigenvalue weighted by Crippen LogP contribution is -3.00. The second-order valence-corrected chi connectivity index (χ2v) is 8.53. The molecule has 0 N–H and O–H groups in total. The fraction of sp³-hybridized carbons (Fsp3) is 0.360. The third-order valence-corrected chi connectivity index (χ3v) is 6.57. The number of aromatic nitrogens is 2. The van der Waals surface area contributed by atoms with Crippen LogP contribution in [0.5, 0.6) is 0 Å². The standard InChI is InChI=1S/C25H27N2O2.ClH/c1-19-12-13-26-14-15-27(23(26)16-19)18-22-17-25(24(28)29-22,20-8-4-2-5-9-20)21-10-6-3-7-11-21;/h2-11,14-15,19,22H,12-13,16-18H2,1H3;1H/q+1;/p-1. The summed E-state index contributed by atoms with van der Waals surface area (Å²) in [5.41, 5.74) is 1.29. The molecule has 0 radical (unpaired) electrons. The van der Waals surface area contributed by atoms with Crippen LogP contribution in [0.15, 0.2) is 73.1 Å². The number of esters is 1. The molecule has 1 saturated heterocycles. The molecular weight excluding hydrogens is 396 g/mol. The Bertz CT molecular complexity index is 977. The minimum Gasteiger partial charge on any atom is -1.00 e. The van der Waals surface area contributed by atoms with Crippen LogP contribution < -0.4 is 17.0 Å². The number of carbonyl (C=O) groups is 1. The number of ether oxygens (including phenoxy) is 1. The predicted octanol–water partition coefficient (Wildman–Crippen LogP) is 0.664. The maximum absolute atomic E-state index is 13.3. The molecule has 2 aromatic carbocycles. The van der Waals surface area contributed by atoms with E-state index in [9.17, 15) is 4.79 Å². The van der Waals surface area contributed by atoms with Crippen molar-refractivity contribution in [1.29, 1.82) is 0 Å². The second kappa shape index (κ2) is 8.27. The molecule has 5 heteroatoms. The summed E-state index contributed by atoms with van der Waals surface area (Å²) in [7, 11) is 0. The van der Waals surface area contributed by atoms with E-state index in [2.05, 4.69) is 28.5 Å². The summed E-state index contributed by atoms with van der Waals surface area (Å²) in [6.07, 6.45) is 7.14. The van der Waals surface area contributed by atoms with Crippen LogP contribution in [0.1, 0.15) is 36.7 Å². The highest BCUT2D eigenvalue weighted by Gasteiger charge is 2.52. The zero-order chi connectivity index (χ0) is 19.8. The van der Waals surface area contributed by atoms with E-state index >= 15 is 0 Å². The van der Waals surface area contributed by atoms with Crippen LogP contribution in [0.25, 0.3) is 0 Å². The number of halogens is 1. The lowest BCUT2D eigenvalue weighted by Gasteiger charge is -2.26. The van der Waals surface area contributed by atoms with Gasteiger partial charge in [0.25, 0.3) is 5.82 Å². The molecule has 2 aliphatic rings. The topological polar surface area (TPSA) is 35.1 Å². The molecule has 0 saturated carbocycles. The van der Waals surface area contributed by atoms with E-state index in [1.807, 2.05) is 60.7 Å². The Morgan fingerprint density at radius 2 is 1.70 bits per heavy atom. The highest BCUT2D eigenvalue weighted by molar-refractivity contribution is 5.89. The summed E-state index contributed by atoms with van der Waals surface area (Å²) in [5, 5.41) is 0. The molecule has 4 nitrogen and oxygen atoms in total. The van der Waals surface area contributed by atoms with Crippen LogP contribution in [-0.4, -0.2) is 16.6 Å². The first-order valence-electron chi connectivity index (χ1n) is 10.6. The molecule has 1 fully saturated rings. The monoisotopic (exact) mass is 422 g/mol. The van der Waals surface area contributed by atoms with Crippen molar-refractivity contribution < 1.29 is 26.5 Å². The first-order chi connectivity index (χ1) is 14.2. The van der Waals surface area contributed by atoms with Crippen molar-refractivity contribution in [2.24, 2.45) is 5.92 Å². The van der Waals surface area contributed by atoms with Crippen LogP contribution in [0.4, 0.5) is 0 Å². The molecule has 0 aliphatic carbocycles. The molecule has 0 spiro atoms. The van der Waals surface area contributed by atoms with Crippen LogP contribution in [0, 0.1) is 5.92 Å². The third-order valence-electron chi connectivity index (χ3n) is 6.57. The van der Waals surface area contributed by atoms with E-state index < -0.39 is 5.41 Å². The average molecular weight is 423 g/mol. The van der Waals surface area contributed by atoms with E-state index in [4.69, 9.17) is 4.74 Å². The summed E-state index contributed by atoms with van der Waals surface area (Å²) < 4.78 is 10.6. The zero-order valence-electron chi connectivity index (χ0n) is 17.2. The molecule has 2 aliphatic heterocycles. The van der Waals surface area contributed by atoms with Gasteiger partial charge in [-0.05, 0) is 23.5 Å². The van der Waals surface area contributed by atoms with E-state index in [1.54, 1.807) is 0 Å². The van der Waals surface area contributed by atoms with Crippen LogP contribution >= 0.6 is 0 Å². The van der Waals surface area contributed by atoms with Crippen molar-refractivity contribution in [1.82, 2.24) is 4.57 Å². The Kier molecular flexibility index (Phi) is 5.70. The molecule has 156 valence electrons. The lowest BCUT2D eigenvalue weighted by molar-refractivity contribution is -0.710. The van der Waals surface area contributed by atoms with Crippen molar-refractivity contribution in [3.63, 3.8) is 0 Å². The van der Waals surface area contributed by atoms with Crippen LogP contribution in [0.2, 0.25) is 0 Å². The maximum atomic E-state index is 13.3. The van der Waals surface area contributed by atoms with Gasteiger partial charge in [-0.15, -0.1) is 0 Å². The van der Waals surface area contributed by atoms with Crippen molar-refractivity contribution in [2.45, 2.75) is 50.8 Å². The summed E-state index contributed by atoms with van der Waals surface area (Å²) in [6, 6.07) is 20.2. The van der Waals surface area contributed by atoms with Gasteiger partial charge >= 0.3 is 5.97 Å². The van der Waals surface area contributed by atoms with Crippen molar-refractivity contribution in [2.75, 3.05) is 0 Å². The van der Waals surface area contributed by atoms with Gasteiger partial charge in [0.15, 0.2) is 0 Å². The first kappa shape index (κ1) is 20.7. The van der Waals surface area contributed by atoms with E-state index in [0.29, 0.717) is 18.9 Å². The lowest BCUT2D eigenvalue weighted by atomic mass is 9.72. The molecule has 2 atom stereocenters. The van der Waals surface area contributed by atoms with Crippen molar-refractivity contribution in [3.8, 4) is 0 Å². The Balaban J connectivity index is 0.00000218. The molecule has 3 heterocycles. The summed E-state index contributed by atoms with van der Waals surface area (Å²) in [5.74, 6) is 1.90. The number of cyclic esters (lactones) is 1. The van der Waals surface area contributed by atoms with E-state index in [0.717, 1.165) is 24.1 Å². The van der Waals surface area contributed by atoms with Gasteiger partial charge in [-0.1, -0.05) is 67.6 Å². The normalized spacial score (nSPS) is 22.1. The maximum Gasteiger partial charge on any atom is 0.321 e. The number of carbonyl (C=O) groups excluding carboxylic acids is 1. The number of imidazole rings is 1. The average Bonchev–Trinajstić information content (AvgIpc) is 3.30. The Labute approximate surface area is 183 Å². The van der Waals surface area contributed by atoms with Crippen molar-refractivity contribution in [3.05, 3.63) is 90.0 Å². The highest BCUT2D eigenvalue weighted by atomic mass is 35.5. The number of aryl methyl sites for hydroxylation is 1. The smallest absolute Gasteiger partial charge is 0.321 e. The SMILES string of the molecule is CC1CC[n+]2ccn(CC3CC(c4ccccc4)(c4ccccc4)C(=O)O3)c2C1.[Cl-]. The molecule has 30 heavy (non-hydrogen) atoms. The van der Waals surface area contributed by atoms with Gasteiger partial charge in [-0.2, -0.15) is 0 Å². The number of nitrogens with zero attached hydrogens (tertiary/aromatic N) is 2. The quantitative estimate of drug-likeness (QED) is 0.457. The van der Waals surface area contributed by atoms with Crippen LogP contribution in [0.3, 0.4) is 0 Å². The Morgan fingerprint density at radius 1 is 1.07 bits per heavy atom. The van der Waals surface area contributed by atoms with E-state index in [-0.39, 0.29) is 24.5 Å². The Hall–Kier alpha value is -2.59. The number of fused-ring (bicyclic) bond motifs is 1. The molecular formula is C25H27ClN2O2. The summed E-state index contributed by atoms with van der Waals surface area (Å²) in [6.45, 7) is 4.10. The van der Waals surface area contributed by atoms with Gasteiger partial charge in [-0.25, -0.2) is 9.13 Å². The number of hydrogen-bond acceptors (Lipinski definition) is 2.